The van der Waals surface area contributed by atoms with Crippen LogP contribution in [0, 0.1) is 0 Å². The van der Waals surface area contributed by atoms with Gasteiger partial charge in [-0.2, -0.15) is 18.3 Å². The lowest BCUT2D eigenvalue weighted by Gasteiger charge is -2.12. The van der Waals surface area contributed by atoms with Crippen molar-refractivity contribution in [2.75, 3.05) is 0 Å². The number of rotatable bonds is 6. The van der Waals surface area contributed by atoms with Crippen molar-refractivity contribution in [2.45, 2.75) is 12.8 Å². The number of aromatic hydroxyl groups is 1. The summed E-state index contributed by atoms with van der Waals surface area (Å²) >= 11 is 5.83. The molecule has 2 N–H and O–H groups in total. The molecule has 0 atom stereocenters. The van der Waals surface area contributed by atoms with Crippen molar-refractivity contribution in [2.24, 2.45) is 5.10 Å². The number of alkyl halides is 3. The molecule has 4 aromatic carbocycles. The molecule has 0 spiro atoms. The second-order valence-electron chi connectivity index (χ2n) is 7.55. The van der Waals surface area contributed by atoms with Gasteiger partial charge in [0.1, 0.15) is 18.1 Å². The van der Waals surface area contributed by atoms with E-state index >= 15 is 0 Å². The van der Waals surface area contributed by atoms with Gasteiger partial charge in [0.2, 0.25) is 0 Å². The van der Waals surface area contributed by atoms with E-state index in [1.54, 1.807) is 12.1 Å². The highest BCUT2D eigenvalue weighted by Crippen LogP contribution is 2.31. The summed E-state index contributed by atoms with van der Waals surface area (Å²) in [6.07, 6.45) is -2.90. The molecule has 0 saturated carbocycles. The Labute approximate surface area is 203 Å². The normalized spacial score (nSPS) is 11.7. The quantitative estimate of drug-likeness (QED) is 0.233. The van der Waals surface area contributed by atoms with Crippen LogP contribution in [-0.2, 0) is 12.8 Å². The van der Waals surface area contributed by atoms with Crippen molar-refractivity contribution >= 4 is 34.5 Å². The van der Waals surface area contributed by atoms with Gasteiger partial charge in [0.25, 0.3) is 5.91 Å². The zero-order valence-corrected chi connectivity index (χ0v) is 18.8. The summed E-state index contributed by atoms with van der Waals surface area (Å²) in [6.45, 7) is 0.0980. The first-order valence-corrected chi connectivity index (χ1v) is 10.7. The standard InChI is InChI=1S/C26H18ClF3N2O3/c27-22-13-17(7-11-23(22)33)25(34)32-31-14-18-8-12-24(21-4-2-1-3-20(18)21)35-15-16-5-9-19(10-6-16)26(28,29)30/h1-14,33H,15H2,(H,32,34)/b31-14+. The molecule has 4 rings (SSSR count). The van der Waals surface area contributed by atoms with Crippen LogP contribution in [0.25, 0.3) is 10.8 Å². The molecule has 0 saturated heterocycles. The zero-order valence-electron chi connectivity index (χ0n) is 18.0. The summed E-state index contributed by atoms with van der Waals surface area (Å²) < 4.78 is 44.1. The Morgan fingerprint density at radius 2 is 1.71 bits per heavy atom. The molecular weight excluding hydrogens is 481 g/mol. The van der Waals surface area contributed by atoms with Gasteiger partial charge in [-0.25, -0.2) is 5.43 Å². The number of phenolic OH excluding ortho intramolecular Hbond substituents is 1. The molecule has 35 heavy (non-hydrogen) atoms. The highest BCUT2D eigenvalue weighted by atomic mass is 35.5. The van der Waals surface area contributed by atoms with E-state index in [9.17, 15) is 23.1 Å². The maximum Gasteiger partial charge on any atom is 0.416 e. The summed E-state index contributed by atoms with van der Waals surface area (Å²) in [4.78, 5) is 12.3. The minimum absolute atomic E-state index is 0.0551. The topological polar surface area (TPSA) is 70.9 Å². The van der Waals surface area contributed by atoms with Gasteiger partial charge in [0.05, 0.1) is 16.8 Å². The minimum Gasteiger partial charge on any atom is -0.506 e. The average molecular weight is 499 g/mol. The van der Waals surface area contributed by atoms with E-state index < -0.39 is 17.6 Å². The lowest BCUT2D eigenvalue weighted by Crippen LogP contribution is -2.17. The number of fused-ring (bicyclic) bond motifs is 1. The number of ether oxygens (including phenoxy) is 1. The molecule has 178 valence electrons. The van der Waals surface area contributed by atoms with Gasteiger partial charge in [-0.3, -0.25) is 4.79 Å². The van der Waals surface area contributed by atoms with E-state index in [2.05, 4.69) is 10.5 Å². The summed E-state index contributed by atoms with van der Waals surface area (Å²) in [5.41, 5.74) is 3.26. The van der Waals surface area contributed by atoms with Gasteiger partial charge in [-0.05, 0) is 53.4 Å². The smallest absolute Gasteiger partial charge is 0.416 e. The third-order valence-electron chi connectivity index (χ3n) is 5.17. The number of hydrogen-bond acceptors (Lipinski definition) is 4. The molecule has 0 aliphatic rings. The molecular formula is C26H18ClF3N2O3. The van der Waals surface area contributed by atoms with Crippen LogP contribution in [0.1, 0.15) is 27.0 Å². The molecule has 0 unspecified atom stereocenters. The molecule has 5 nitrogen and oxygen atoms in total. The maximum absolute atomic E-state index is 12.8. The van der Waals surface area contributed by atoms with E-state index in [1.165, 1.54) is 36.5 Å². The number of halogens is 4. The first-order chi connectivity index (χ1) is 16.7. The van der Waals surface area contributed by atoms with Crippen molar-refractivity contribution in [1.29, 1.82) is 0 Å². The SMILES string of the molecule is O=C(N/N=C/c1ccc(OCc2ccc(C(F)(F)F)cc2)c2ccccc12)c1ccc(O)c(Cl)c1. The molecule has 0 aliphatic heterocycles. The van der Waals surface area contributed by atoms with E-state index in [4.69, 9.17) is 16.3 Å². The number of phenols is 1. The number of benzene rings is 4. The monoisotopic (exact) mass is 498 g/mol. The summed E-state index contributed by atoms with van der Waals surface area (Å²) in [7, 11) is 0. The van der Waals surface area contributed by atoms with Crippen molar-refractivity contribution < 1.29 is 27.8 Å². The second kappa shape index (κ2) is 10.1. The Morgan fingerprint density at radius 3 is 2.40 bits per heavy atom. The third kappa shape index (κ3) is 5.73. The average Bonchev–Trinajstić information content (AvgIpc) is 2.84. The first kappa shape index (κ1) is 24.1. The molecule has 0 heterocycles. The summed E-state index contributed by atoms with van der Waals surface area (Å²) in [6, 6.07) is 19.8. The van der Waals surface area contributed by atoms with Gasteiger partial charge < -0.3 is 9.84 Å². The molecule has 0 aliphatic carbocycles. The fourth-order valence-electron chi connectivity index (χ4n) is 3.36. The molecule has 0 fully saturated rings. The Kier molecular flexibility index (Phi) is 6.93. The van der Waals surface area contributed by atoms with Gasteiger partial charge in [0, 0.05) is 16.5 Å². The van der Waals surface area contributed by atoms with E-state index in [0.717, 1.165) is 22.9 Å². The molecule has 9 heteroatoms. The molecule has 0 radical (unpaired) electrons. The van der Waals surface area contributed by atoms with Gasteiger partial charge in [-0.15, -0.1) is 0 Å². The van der Waals surface area contributed by atoms with Gasteiger partial charge in [-0.1, -0.05) is 48.0 Å². The van der Waals surface area contributed by atoms with Crippen LogP contribution < -0.4 is 10.2 Å². The van der Waals surface area contributed by atoms with Gasteiger partial charge >= 0.3 is 6.18 Å². The number of amides is 1. The number of nitrogens with zero attached hydrogens (tertiary/aromatic N) is 1. The Bertz CT molecular complexity index is 1400. The van der Waals surface area contributed by atoms with Crippen LogP contribution in [0.3, 0.4) is 0 Å². The fourth-order valence-corrected chi connectivity index (χ4v) is 3.54. The summed E-state index contributed by atoms with van der Waals surface area (Å²) in [5, 5.41) is 15.1. The lowest BCUT2D eigenvalue weighted by molar-refractivity contribution is -0.137. The van der Waals surface area contributed by atoms with E-state index in [1.807, 2.05) is 24.3 Å². The number of hydrazone groups is 1. The largest absolute Gasteiger partial charge is 0.506 e. The highest BCUT2D eigenvalue weighted by Gasteiger charge is 2.29. The molecule has 0 aromatic heterocycles. The Hall–Kier alpha value is -4.04. The van der Waals surface area contributed by atoms with Crippen LogP contribution in [0.4, 0.5) is 13.2 Å². The second-order valence-corrected chi connectivity index (χ2v) is 7.95. The van der Waals surface area contributed by atoms with Crippen LogP contribution >= 0.6 is 11.6 Å². The number of hydrogen-bond donors (Lipinski definition) is 2. The van der Waals surface area contributed by atoms with E-state index in [-0.39, 0.29) is 22.9 Å². The van der Waals surface area contributed by atoms with Gasteiger partial charge in [0.15, 0.2) is 0 Å². The predicted molar refractivity (Wildman–Crippen MR) is 128 cm³/mol. The minimum atomic E-state index is -4.39. The first-order valence-electron chi connectivity index (χ1n) is 10.3. The molecule has 4 aromatic rings. The van der Waals surface area contributed by atoms with Crippen LogP contribution in [0.2, 0.25) is 5.02 Å². The van der Waals surface area contributed by atoms with Crippen molar-refractivity contribution in [1.82, 2.24) is 5.43 Å². The maximum atomic E-state index is 12.8. The van der Waals surface area contributed by atoms with Crippen LogP contribution in [0.5, 0.6) is 11.5 Å². The van der Waals surface area contributed by atoms with E-state index in [0.29, 0.717) is 16.9 Å². The van der Waals surface area contributed by atoms with Crippen LogP contribution in [-0.4, -0.2) is 17.2 Å². The Morgan fingerprint density at radius 1 is 1.00 bits per heavy atom. The summed E-state index contributed by atoms with van der Waals surface area (Å²) in [5.74, 6) is -0.0665. The van der Waals surface area contributed by atoms with Crippen molar-refractivity contribution in [3.63, 3.8) is 0 Å². The predicted octanol–water partition coefficient (Wildman–Crippen LogP) is 6.56. The number of nitrogens with one attached hydrogen (secondary N) is 1. The van der Waals surface area contributed by atoms with Crippen LogP contribution in [0.15, 0.2) is 84.0 Å². The zero-order chi connectivity index (χ0) is 25.0. The third-order valence-corrected chi connectivity index (χ3v) is 5.48. The highest BCUT2D eigenvalue weighted by molar-refractivity contribution is 6.32. The van der Waals surface area contributed by atoms with Crippen molar-refractivity contribution in [3.8, 4) is 11.5 Å². The Balaban J connectivity index is 1.48. The fraction of sp³-hybridized carbons (Fsp3) is 0.0769. The molecule has 0 bridgehead atoms. The van der Waals surface area contributed by atoms with Crippen molar-refractivity contribution in [3.05, 3.63) is 106 Å². The number of carbonyl (C=O) groups excluding carboxylic acids is 1. The molecule has 1 amide bonds. The lowest BCUT2D eigenvalue weighted by atomic mass is 10.0. The number of carbonyl (C=O) groups is 1.